The molecule has 6 heteroatoms. The SMILES string of the molecule is CCN(CCC(=O)OC)CC(=O)Nc1ccccc1Br. The molecule has 0 spiro atoms. The Morgan fingerprint density at radius 3 is 2.65 bits per heavy atom. The van der Waals surface area contributed by atoms with E-state index in [-0.39, 0.29) is 24.8 Å². The normalized spacial score (nSPS) is 10.4. The monoisotopic (exact) mass is 342 g/mol. The van der Waals surface area contributed by atoms with Crippen molar-refractivity contribution in [2.24, 2.45) is 0 Å². The number of carbonyl (C=O) groups is 2. The fraction of sp³-hybridized carbons (Fsp3) is 0.429. The highest BCUT2D eigenvalue weighted by Crippen LogP contribution is 2.20. The number of halogens is 1. The lowest BCUT2D eigenvalue weighted by atomic mass is 10.3. The fourth-order valence-corrected chi connectivity index (χ4v) is 2.04. The van der Waals surface area contributed by atoms with E-state index in [1.165, 1.54) is 7.11 Å². The van der Waals surface area contributed by atoms with Gasteiger partial charge < -0.3 is 10.1 Å². The van der Waals surface area contributed by atoms with Crippen molar-refractivity contribution < 1.29 is 14.3 Å². The van der Waals surface area contributed by atoms with Crippen molar-refractivity contribution in [1.29, 1.82) is 0 Å². The van der Waals surface area contributed by atoms with Crippen LogP contribution in [0.25, 0.3) is 0 Å². The molecule has 1 amide bonds. The van der Waals surface area contributed by atoms with E-state index in [9.17, 15) is 9.59 Å². The molecule has 0 atom stereocenters. The second-order valence-electron chi connectivity index (χ2n) is 4.22. The topological polar surface area (TPSA) is 58.6 Å². The summed E-state index contributed by atoms with van der Waals surface area (Å²) in [5.74, 6) is -0.377. The molecule has 0 aliphatic carbocycles. The predicted octanol–water partition coefficient (Wildman–Crippen LogP) is 2.27. The zero-order chi connectivity index (χ0) is 15.0. The first-order valence-corrected chi connectivity index (χ1v) is 7.19. The van der Waals surface area contributed by atoms with Crippen LogP contribution in [0.15, 0.2) is 28.7 Å². The van der Waals surface area contributed by atoms with Gasteiger partial charge in [0.15, 0.2) is 0 Å². The number of rotatable bonds is 7. The molecule has 0 saturated carbocycles. The zero-order valence-corrected chi connectivity index (χ0v) is 13.3. The van der Waals surface area contributed by atoms with E-state index < -0.39 is 0 Å². The molecule has 0 bridgehead atoms. The van der Waals surface area contributed by atoms with Gasteiger partial charge in [-0.15, -0.1) is 0 Å². The second-order valence-corrected chi connectivity index (χ2v) is 5.08. The zero-order valence-electron chi connectivity index (χ0n) is 11.7. The van der Waals surface area contributed by atoms with Gasteiger partial charge in [0.1, 0.15) is 0 Å². The number of anilines is 1. The Labute approximate surface area is 127 Å². The molecule has 5 nitrogen and oxygen atoms in total. The summed E-state index contributed by atoms with van der Waals surface area (Å²) < 4.78 is 5.43. The minimum Gasteiger partial charge on any atom is -0.469 e. The number of likely N-dealkylation sites (N-methyl/N-ethyl adjacent to an activating group) is 1. The Kier molecular flexibility index (Phi) is 7.25. The van der Waals surface area contributed by atoms with E-state index in [4.69, 9.17) is 0 Å². The molecule has 0 aliphatic rings. The number of ether oxygens (including phenoxy) is 1. The van der Waals surface area contributed by atoms with Crippen molar-refractivity contribution in [3.8, 4) is 0 Å². The van der Waals surface area contributed by atoms with Crippen LogP contribution in [0.3, 0.4) is 0 Å². The van der Waals surface area contributed by atoms with Crippen molar-refractivity contribution in [2.75, 3.05) is 32.1 Å². The Bertz CT molecular complexity index is 465. The lowest BCUT2D eigenvalue weighted by Crippen LogP contribution is -2.34. The van der Waals surface area contributed by atoms with Crippen molar-refractivity contribution in [3.63, 3.8) is 0 Å². The smallest absolute Gasteiger partial charge is 0.306 e. The van der Waals surface area contributed by atoms with Crippen molar-refractivity contribution >= 4 is 33.5 Å². The van der Waals surface area contributed by atoms with Gasteiger partial charge in [-0.1, -0.05) is 19.1 Å². The summed E-state index contributed by atoms with van der Waals surface area (Å²) in [4.78, 5) is 24.9. The van der Waals surface area contributed by atoms with E-state index in [0.29, 0.717) is 13.1 Å². The minimum atomic E-state index is -0.269. The lowest BCUT2D eigenvalue weighted by Gasteiger charge is -2.19. The van der Waals surface area contributed by atoms with Crippen LogP contribution in [0.2, 0.25) is 0 Å². The van der Waals surface area contributed by atoms with Gasteiger partial charge in [0.05, 0.1) is 25.8 Å². The van der Waals surface area contributed by atoms with E-state index >= 15 is 0 Å². The highest BCUT2D eigenvalue weighted by atomic mass is 79.9. The van der Waals surface area contributed by atoms with Crippen LogP contribution in [0.4, 0.5) is 5.69 Å². The molecule has 0 unspecified atom stereocenters. The molecule has 1 rings (SSSR count). The minimum absolute atomic E-state index is 0.108. The Morgan fingerprint density at radius 2 is 2.05 bits per heavy atom. The van der Waals surface area contributed by atoms with Gasteiger partial charge in [0, 0.05) is 11.0 Å². The third kappa shape index (κ3) is 5.71. The van der Waals surface area contributed by atoms with E-state index in [1.807, 2.05) is 36.1 Å². The fourth-order valence-electron chi connectivity index (χ4n) is 1.66. The first-order valence-electron chi connectivity index (χ1n) is 6.40. The summed E-state index contributed by atoms with van der Waals surface area (Å²) in [6.07, 6.45) is 0.284. The highest BCUT2D eigenvalue weighted by Gasteiger charge is 2.12. The van der Waals surface area contributed by atoms with E-state index in [0.717, 1.165) is 10.2 Å². The van der Waals surface area contributed by atoms with Crippen LogP contribution in [0.1, 0.15) is 13.3 Å². The number of benzene rings is 1. The third-order valence-corrected chi connectivity index (χ3v) is 3.51. The van der Waals surface area contributed by atoms with Crippen molar-refractivity contribution in [1.82, 2.24) is 4.90 Å². The first kappa shape index (κ1) is 16.7. The van der Waals surface area contributed by atoms with Crippen LogP contribution in [-0.2, 0) is 14.3 Å². The van der Waals surface area contributed by atoms with Crippen molar-refractivity contribution in [3.05, 3.63) is 28.7 Å². The number of methoxy groups -OCH3 is 1. The van der Waals surface area contributed by atoms with Gasteiger partial charge >= 0.3 is 5.97 Å². The maximum absolute atomic E-state index is 12.0. The summed E-state index contributed by atoms with van der Waals surface area (Å²) in [6.45, 7) is 3.39. The number of carbonyl (C=O) groups excluding carboxylic acids is 2. The molecule has 20 heavy (non-hydrogen) atoms. The van der Waals surface area contributed by atoms with Crippen LogP contribution in [0.5, 0.6) is 0 Å². The first-order chi connectivity index (χ1) is 9.56. The molecule has 0 fully saturated rings. The average Bonchev–Trinajstić information content (AvgIpc) is 2.45. The van der Waals surface area contributed by atoms with E-state index in [2.05, 4.69) is 26.0 Å². The number of nitrogens with one attached hydrogen (secondary N) is 1. The molecular formula is C14H19BrN2O3. The average molecular weight is 343 g/mol. The van der Waals surface area contributed by atoms with Crippen molar-refractivity contribution in [2.45, 2.75) is 13.3 Å². The summed E-state index contributed by atoms with van der Waals surface area (Å²) in [6, 6.07) is 7.43. The van der Waals surface area contributed by atoms with Gasteiger partial charge in [-0.2, -0.15) is 0 Å². The predicted molar refractivity (Wildman–Crippen MR) is 81.5 cm³/mol. The van der Waals surface area contributed by atoms with Gasteiger partial charge in [-0.05, 0) is 34.6 Å². The maximum atomic E-state index is 12.0. The quantitative estimate of drug-likeness (QED) is 0.772. The van der Waals surface area contributed by atoms with Gasteiger partial charge in [0.25, 0.3) is 0 Å². The summed E-state index contributed by atoms with van der Waals surface area (Å²) in [5, 5.41) is 2.83. The Hall–Kier alpha value is -1.40. The molecule has 110 valence electrons. The van der Waals surface area contributed by atoms with Crippen LogP contribution in [0, 0.1) is 0 Å². The van der Waals surface area contributed by atoms with Crippen LogP contribution >= 0.6 is 15.9 Å². The second kappa shape index (κ2) is 8.71. The van der Waals surface area contributed by atoms with Crippen LogP contribution < -0.4 is 5.32 Å². The molecule has 0 heterocycles. The Morgan fingerprint density at radius 1 is 1.35 bits per heavy atom. The lowest BCUT2D eigenvalue weighted by molar-refractivity contribution is -0.141. The maximum Gasteiger partial charge on any atom is 0.306 e. The van der Waals surface area contributed by atoms with Gasteiger partial charge in [0.2, 0.25) is 5.91 Å². The largest absolute Gasteiger partial charge is 0.469 e. The molecule has 0 aliphatic heterocycles. The molecular weight excluding hydrogens is 324 g/mol. The summed E-state index contributed by atoms with van der Waals surface area (Å²) in [7, 11) is 1.36. The van der Waals surface area contributed by atoms with Crippen LogP contribution in [-0.4, -0.2) is 43.5 Å². The number of hydrogen-bond acceptors (Lipinski definition) is 4. The highest BCUT2D eigenvalue weighted by molar-refractivity contribution is 9.10. The number of hydrogen-bond donors (Lipinski definition) is 1. The Balaban J connectivity index is 2.47. The molecule has 0 saturated heterocycles. The summed E-state index contributed by atoms with van der Waals surface area (Å²) in [5.41, 5.74) is 0.738. The molecule has 0 aromatic heterocycles. The number of para-hydroxylation sites is 1. The molecule has 1 aromatic carbocycles. The number of esters is 1. The molecule has 1 N–H and O–H groups in total. The molecule has 0 radical (unpaired) electrons. The summed E-state index contributed by atoms with van der Waals surface area (Å²) >= 11 is 3.38. The standard InChI is InChI=1S/C14H19BrN2O3/c1-3-17(9-8-14(19)20-2)10-13(18)16-12-7-5-4-6-11(12)15/h4-7H,3,8-10H2,1-2H3,(H,16,18). The van der Waals surface area contributed by atoms with Gasteiger partial charge in [-0.3, -0.25) is 14.5 Å². The molecule has 1 aromatic rings. The van der Waals surface area contributed by atoms with Gasteiger partial charge in [-0.25, -0.2) is 0 Å². The van der Waals surface area contributed by atoms with E-state index in [1.54, 1.807) is 0 Å². The third-order valence-electron chi connectivity index (χ3n) is 2.82. The number of nitrogens with zero attached hydrogens (tertiary/aromatic N) is 1. The number of amides is 1.